The van der Waals surface area contributed by atoms with Gasteiger partial charge in [0.15, 0.2) is 6.29 Å². The van der Waals surface area contributed by atoms with Crippen molar-refractivity contribution in [2.24, 2.45) is 0 Å². The van der Waals surface area contributed by atoms with Crippen LogP contribution in [0.15, 0.2) is 24.3 Å². The van der Waals surface area contributed by atoms with E-state index in [-0.39, 0.29) is 12.5 Å². The van der Waals surface area contributed by atoms with Gasteiger partial charge in [-0.05, 0) is 32.1 Å². The first-order chi connectivity index (χ1) is 28.8. The Hall–Kier alpha value is -1.33. The molecule has 59 heavy (non-hydrogen) atoms. The zero-order valence-corrected chi connectivity index (χ0v) is 38.3. The summed E-state index contributed by atoms with van der Waals surface area (Å²) in [6, 6.07) is -0.816. The fourth-order valence-electron chi connectivity index (χ4n) is 8.00. The van der Waals surface area contributed by atoms with E-state index in [4.69, 9.17) is 9.47 Å². The fraction of sp³-hybridized carbons (Fsp3) is 0.900. The lowest BCUT2D eigenvalue weighted by Crippen LogP contribution is -2.60. The van der Waals surface area contributed by atoms with Gasteiger partial charge in [0.1, 0.15) is 24.4 Å². The molecule has 1 aliphatic rings. The van der Waals surface area contributed by atoms with Crippen LogP contribution < -0.4 is 5.32 Å². The van der Waals surface area contributed by atoms with Crippen LogP contribution >= 0.6 is 0 Å². The van der Waals surface area contributed by atoms with Gasteiger partial charge >= 0.3 is 0 Å². The highest BCUT2D eigenvalue weighted by molar-refractivity contribution is 5.76. The van der Waals surface area contributed by atoms with Crippen LogP contribution in [0.1, 0.15) is 232 Å². The van der Waals surface area contributed by atoms with E-state index in [1.165, 1.54) is 173 Å². The molecule has 1 rings (SSSR count). The SMILES string of the molecule is CCCCCCCCCCCCCCCCCCCCCC/C=C/CC/C=C/C(O)C(COC1OC(CO)C(O)C(O)C1O)NC(=O)CCCCCCCCCCCC. The van der Waals surface area contributed by atoms with Gasteiger partial charge in [-0.15, -0.1) is 0 Å². The molecule has 7 unspecified atom stereocenters. The highest BCUT2D eigenvalue weighted by atomic mass is 16.7. The van der Waals surface area contributed by atoms with Gasteiger partial charge < -0.3 is 40.3 Å². The Labute approximate surface area is 362 Å². The molecule has 0 saturated carbocycles. The summed E-state index contributed by atoms with van der Waals surface area (Å²) in [6.45, 7) is 3.75. The maximum Gasteiger partial charge on any atom is 0.220 e. The molecule has 348 valence electrons. The molecule has 1 aliphatic heterocycles. The third-order valence-electron chi connectivity index (χ3n) is 12.0. The van der Waals surface area contributed by atoms with E-state index in [0.29, 0.717) is 6.42 Å². The summed E-state index contributed by atoms with van der Waals surface area (Å²) in [5.74, 6) is -0.188. The number of ether oxygens (including phenoxy) is 2. The van der Waals surface area contributed by atoms with Crippen molar-refractivity contribution in [1.82, 2.24) is 5.32 Å². The minimum Gasteiger partial charge on any atom is -0.394 e. The van der Waals surface area contributed by atoms with Crippen molar-refractivity contribution in [2.75, 3.05) is 13.2 Å². The third kappa shape index (κ3) is 31.2. The molecule has 0 bridgehead atoms. The van der Waals surface area contributed by atoms with Crippen LogP contribution in [0.5, 0.6) is 0 Å². The van der Waals surface area contributed by atoms with Gasteiger partial charge in [-0.2, -0.15) is 0 Å². The van der Waals surface area contributed by atoms with Crippen LogP contribution in [-0.2, 0) is 14.3 Å². The Kier molecular flexibility index (Phi) is 38.4. The van der Waals surface area contributed by atoms with E-state index < -0.39 is 49.5 Å². The normalized spacial score (nSPS) is 20.8. The van der Waals surface area contributed by atoms with Crippen molar-refractivity contribution in [1.29, 1.82) is 0 Å². The molecule has 0 radical (unpaired) electrons. The van der Waals surface area contributed by atoms with Crippen molar-refractivity contribution in [2.45, 2.75) is 275 Å². The zero-order chi connectivity index (χ0) is 43.0. The monoisotopic (exact) mass is 838 g/mol. The standard InChI is InChI=1S/C50H95NO8/c1-3-5-7-9-11-13-15-16-17-18-19-20-21-22-23-24-25-26-27-28-29-30-31-33-35-37-39-44(53)43(42-58-50-49(57)48(56)47(55)45(41-52)59-50)51-46(54)40-38-36-34-32-14-12-10-8-6-4-2/h30-31,37,39,43-45,47-50,52-53,55-57H,3-29,32-36,38,40-42H2,1-2H3,(H,51,54)/b31-30+,39-37+. The summed E-state index contributed by atoms with van der Waals surface area (Å²) in [4.78, 5) is 12.9. The van der Waals surface area contributed by atoms with Gasteiger partial charge in [0.2, 0.25) is 5.91 Å². The van der Waals surface area contributed by atoms with Gasteiger partial charge in [0.25, 0.3) is 0 Å². The van der Waals surface area contributed by atoms with E-state index in [9.17, 15) is 30.3 Å². The average molecular weight is 838 g/mol. The van der Waals surface area contributed by atoms with Crippen molar-refractivity contribution in [3.05, 3.63) is 24.3 Å². The Morgan fingerprint density at radius 2 is 0.966 bits per heavy atom. The molecule has 0 aliphatic carbocycles. The Bertz CT molecular complexity index is 977. The first-order valence-corrected chi connectivity index (χ1v) is 25.1. The van der Waals surface area contributed by atoms with Gasteiger partial charge in [-0.1, -0.05) is 218 Å². The van der Waals surface area contributed by atoms with Crippen LogP contribution in [0.4, 0.5) is 0 Å². The highest BCUT2D eigenvalue weighted by Crippen LogP contribution is 2.23. The second kappa shape index (κ2) is 40.7. The number of aliphatic hydroxyl groups excluding tert-OH is 5. The largest absolute Gasteiger partial charge is 0.394 e. The lowest BCUT2D eigenvalue weighted by Gasteiger charge is -2.40. The molecule has 9 nitrogen and oxygen atoms in total. The number of unbranched alkanes of at least 4 members (excludes halogenated alkanes) is 30. The number of carbonyl (C=O) groups excluding carboxylic acids is 1. The van der Waals surface area contributed by atoms with Crippen LogP contribution in [0.2, 0.25) is 0 Å². The topological polar surface area (TPSA) is 149 Å². The molecule has 1 saturated heterocycles. The lowest BCUT2D eigenvalue weighted by atomic mass is 9.99. The first-order valence-electron chi connectivity index (χ1n) is 25.1. The van der Waals surface area contributed by atoms with Crippen molar-refractivity contribution >= 4 is 5.91 Å². The van der Waals surface area contributed by atoms with E-state index in [1.54, 1.807) is 6.08 Å². The molecule has 0 spiro atoms. The minimum absolute atomic E-state index is 0.188. The summed E-state index contributed by atoms with van der Waals surface area (Å²) in [5.41, 5.74) is 0. The molecule has 1 fully saturated rings. The molecular formula is C50H95NO8. The van der Waals surface area contributed by atoms with Crippen LogP contribution in [-0.4, -0.2) is 87.5 Å². The smallest absolute Gasteiger partial charge is 0.220 e. The predicted octanol–water partition coefficient (Wildman–Crippen LogP) is 11.1. The average Bonchev–Trinajstić information content (AvgIpc) is 3.23. The molecule has 1 heterocycles. The summed E-state index contributed by atoms with van der Waals surface area (Å²) in [7, 11) is 0. The third-order valence-corrected chi connectivity index (χ3v) is 12.0. The Balaban J connectivity index is 2.24. The molecule has 9 heteroatoms. The number of hydrogen-bond donors (Lipinski definition) is 6. The molecule has 0 aromatic heterocycles. The molecule has 6 N–H and O–H groups in total. The first kappa shape index (κ1) is 55.7. The Morgan fingerprint density at radius 1 is 0.559 bits per heavy atom. The fourth-order valence-corrected chi connectivity index (χ4v) is 8.00. The quantitative estimate of drug-likeness (QED) is 0.0263. The highest BCUT2D eigenvalue weighted by Gasteiger charge is 2.44. The number of hydrogen-bond acceptors (Lipinski definition) is 8. The Morgan fingerprint density at radius 3 is 1.42 bits per heavy atom. The number of aliphatic hydroxyl groups is 5. The van der Waals surface area contributed by atoms with Crippen molar-refractivity contribution in [3.63, 3.8) is 0 Å². The van der Waals surface area contributed by atoms with E-state index in [2.05, 4.69) is 31.3 Å². The van der Waals surface area contributed by atoms with Gasteiger partial charge in [-0.25, -0.2) is 0 Å². The van der Waals surface area contributed by atoms with Crippen LogP contribution in [0.25, 0.3) is 0 Å². The van der Waals surface area contributed by atoms with Gasteiger partial charge in [0.05, 0.1) is 25.4 Å². The van der Waals surface area contributed by atoms with Crippen molar-refractivity contribution in [3.8, 4) is 0 Å². The van der Waals surface area contributed by atoms with Crippen LogP contribution in [0.3, 0.4) is 0 Å². The maximum absolute atomic E-state index is 12.9. The summed E-state index contributed by atoms with van der Waals surface area (Å²) in [5, 5.41) is 54.1. The second-order valence-corrected chi connectivity index (χ2v) is 17.6. The van der Waals surface area contributed by atoms with E-state index in [0.717, 1.165) is 38.5 Å². The summed E-state index contributed by atoms with van der Waals surface area (Å²) in [6.07, 6.45) is 42.5. The number of rotatable bonds is 42. The van der Waals surface area contributed by atoms with Gasteiger partial charge in [-0.3, -0.25) is 4.79 Å². The second-order valence-electron chi connectivity index (χ2n) is 17.6. The summed E-state index contributed by atoms with van der Waals surface area (Å²) < 4.78 is 11.2. The van der Waals surface area contributed by atoms with Crippen molar-refractivity contribution < 1.29 is 39.8 Å². The molecule has 7 atom stereocenters. The predicted molar refractivity (Wildman–Crippen MR) is 244 cm³/mol. The summed E-state index contributed by atoms with van der Waals surface area (Å²) >= 11 is 0. The number of amides is 1. The molecule has 0 aromatic rings. The maximum atomic E-state index is 12.9. The minimum atomic E-state index is -1.57. The number of allylic oxidation sites excluding steroid dienone is 3. The van der Waals surface area contributed by atoms with E-state index >= 15 is 0 Å². The molecule has 0 aromatic carbocycles. The molecular weight excluding hydrogens is 743 g/mol. The number of nitrogens with one attached hydrogen (secondary N) is 1. The molecule has 1 amide bonds. The lowest BCUT2D eigenvalue weighted by molar-refractivity contribution is -0.302. The van der Waals surface area contributed by atoms with Crippen LogP contribution in [0, 0.1) is 0 Å². The van der Waals surface area contributed by atoms with Gasteiger partial charge in [0, 0.05) is 6.42 Å². The number of carbonyl (C=O) groups is 1. The van der Waals surface area contributed by atoms with E-state index in [1.807, 2.05) is 6.08 Å². The zero-order valence-electron chi connectivity index (χ0n) is 38.3.